The molecule has 3 rings (SSSR count). The smallest absolute Gasteiger partial charge is 0.111 e. The predicted molar refractivity (Wildman–Crippen MR) is 75.4 cm³/mol. The Kier molecular flexibility index (Phi) is 3.30. The van der Waals surface area contributed by atoms with Gasteiger partial charge in [-0.3, -0.25) is 0 Å². The molecular weight excluding hydrogens is 266 g/mol. The van der Waals surface area contributed by atoms with Crippen molar-refractivity contribution < 1.29 is 0 Å². The van der Waals surface area contributed by atoms with Crippen LogP contribution in [0.5, 0.6) is 0 Å². The van der Waals surface area contributed by atoms with Gasteiger partial charge in [-0.05, 0) is 12.1 Å². The Labute approximate surface area is 114 Å². The maximum Gasteiger partial charge on any atom is 0.111 e. The van der Waals surface area contributed by atoms with E-state index in [4.69, 9.17) is 11.6 Å². The lowest BCUT2D eigenvalue weighted by Gasteiger charge is -2.06. The Bertz CT molecular complexity index is 645. The van der Waals surface area contributed by atoms with Gasteiger partial charge in [-0.1, -0.05) is 12.1 Å². The van der Waals surface area contributed by atoms with Gasteiger partial charge in [0.25, 0.3) is 0 Å². The second-order valence-electron chi connectivity index (χ2n) is 4.02. The van der Waals surface area contributed by atoms with E-state index >= 15 is 0 Å². The number of thiazole rings is 1. The normalized spacial score (nSPS) is 11.2. The standard InChI is InChI=1S/C13H12ClN3S/c14-6-5-13-16-11-3-1-2-4-12(11)17(13)7-10-8-18-9-15-10/h1-4,8-9H,5-7H2. The molecule has 0 aliphatic heterocycles. The minimum absolute atomic E-state index is 0.584. The van der Waals surface area contributed by atoms with Crippen molar-refractivity contribution in [3.8, 4) is 0 Å². The monoisotopic (exact) mass is 277 g/mol. The number of hydrogen-bond donors (Lipinski definition) is 0. The summed E-state index contributed by atoms with van der Waals surface area (Å²) in [6, 6.07) is 8.16. The van der Waals surface area contributed by atoms with Crippen LogP contribution in [0, 0.1) is 0 Å². The number of nitrogens with zero attached hydrogens (tertiary/aromatic N) is 3. The molecule has 5 heteroatoms. The number of halogens is 1. The zero-order chi connectivity index (χ0) is 12.4. The molecule has 18 heavy (non-hydrogen) atoms. The molecule has 0 atom stereocenters. The minimum atomic E-state index is 0.584. The number of hydrogen-bond acceptors (Lipinski definition) is 3. The summed E-state index contributed by atoms with van der Waals surface area (Å²) in [6.07, 6.45) is 0.778. The van der Waals surface area contributed by atoms with Crippen LogP contribution in [-0.2, 0) is 13.0 Å². The molecule has 0 unspecified atom stereocenters. The predicted octanol–water partition coefficient (Wildman–Crippen LogP) is 3.32. The summed E-state index contributed by atoms with van der Waals surface area (Å²) in [5.41, 5.74) is 5.09. The van der Waals surface area contributed by atoms with Gasteiger partial charge in [0.2, 0.25) is 0 Å². The lowest BCUT2D eigenvalue weighted by atomic mass is 10.3. The van der Waals surface area contributed by atoms with Crippen LogP contribution in [0.1, 0.15) is 11.5 Å². The highest BCUT2D eigenvalue weighted by Gasteiger charge is 2.10. The van der Waals surface area contributed by atoms with Crippen LogP contribution < -0.4 is 0 Å². The summed E-state index contributed by atoms with van der Waals surface area (Å²) in [5, 5.41) is 2.07. The van der Waals surface area contributed by atoms with Crippen LogP contribution in [0.4, 0.5) is 0 Å². The van der Waals surface area contributed by atoms with Gasteiger partial charge >= 0.3 is 0 Å². The van der Waals surface area contributed by atoms with Crippen LogP contribution >= 0.6 is 22.9 Å². The summed E-state index contributed by atoms with van der Waals surface area (Å²) in [4.78, 5) is 8.97. The van der Waals surface area contributed by atoms with Crippen LogP contribution in [0.15, 0.2) is 35.2 Å². The summed E-state index contributed by atoms with van der Waals surface area (Å²) in [7, 11) is 0. The highest BCUT2D eigenvalue weighted by molar-refractivity contribution is 7.07. The van der Waals surface area contributed by atoms with E-state index < -0.39 is 0 Å². The van der Waals surface area contributed by atoms with Crippen LogP contribution in [-0.4, -0.2) is 20.4 Å². The molecular formula is C13H12ClN3S. The number of rotatable bonds is 4. The largest absolute Gasteiger partial charge is 0.322 e. The van der Waals surface area contributed by atoms with E-state index in [1.165, 1.54) is 0 Å². The van der Waals surface area contributed by atoms with Crippen LogP contribution in [0.25, 0.3) is 11.0 Å². The number of aromatic nitrogens is 3. The third-order valence-electron chi connectivity index (χ3n) is 2.86. The zero-order valence-corrected chi connectivity index (χ0v) is 11.3. The molecule has 2 heterocycles. The van der Waals surface area contributed by atoms with Crippen molar-refractivity contribution >= 4 is 34.0 Å². The quantitative estimate of drug-likeness (QED) is 0.685. The van der Waals surface area contributed by atoms with E-state index in [9.17, 15) is 0 Å². The van der Waals surface area contributed by atoms with Crippen molar-refractivity contribution in [2.45, 2.75) is 13.0 Å². The van der Waals surface area contributed by atoms with E-state index in [1.807, 2.05) is 23.7 Å². The van der Waals surface area contributed by atoms with Gasteiger partial charge in [0, 0.05) is 17.7 Å². The van der Waals surface area contributed by atoms with Crippen LogP contribution in [0.3, 0.4) is 0 Å². The first kappa shape index (κ1) is 11.7. The van der Waals surface area contributed by atoms with Gasteiger partial charge in [0.1, 0.15) is 5.82 Å². The number of para-hydroxylation sites is 2. The van der Waals surface area contributed by atoms with Gasteiger partial charge in [-0.15, -0.1) is 22.9 Å². The van der Waals surface area contributed by atoms with Gasteiger partial charge in [-0.25, -0.2) is 9.97 Å². The van der Waals surface area contributed by atoms with E-state index in [1.54, 1.807) is 11.3 Å². The first-order chi connectivity index (χ1) is 8.88. The fourth-order valence-electron chi connectivity index (χ4n) is 2.05. The molecule has 1 aromatic carbocycles. The second kappa shape index (κ2) is 5.08. The molecule has 0 fully saturated rings. The molecule has 3 nitrogen and oxygen atoms in total. The third-order valence-corrected chi connectivity index (χ3v) is 3.68. The Hall–Kier alpha value is -1.39. The molecule has 0 N–H and O–H groups in total. The molecule has 0 spiro atoms. The summed E-state index contributed by atoms with van der Waals surface area (Å²) in [6.45, 7) is 0.760. The molecule has 3 aromatic rings. The fraction of sp³-hybridized carbons (Fsp3) is 0.231. The summed E-state index contributed by atoms with van der Waals surface area (Å²) in [5.74, 6) is 1.61. The lowest BCUT2D eigenvalue weighted by Crippen LogP contribution is -2.06. The number of aryl methyl sites for hydroxylation is 1. The summed E-state index contributed by atoms with van der Waals surface area (Å²) < 4.78 is 2.20. The van der Waals surface area contributed by atoms with E-state index in [2.05, 4.69) is 26.0 Å². The van der Waals surface area contributed by atoms with Crippen molar-refractivity contribution in [3.05, 3.63) is 46.7 Å². The Morgan fingerprint density at radius 2 is 2.17 bits per heavy atom. The summed E-state index contributed by atoms with van der Waals surface area (Å²) >= 11 is 7.47. The molecule has 0 amide bonds. The van der Waals surface area contributed by atoms with Crippen molar-refractivity contribution in [1.29, 1.82) is 0 Å². The third kappa shape index (κ3) is 2.13. The highest BCUT2D eigenvalue weighted by atomic mass is 35.5. The molecule has 0 aliphatic rings. The highest BCUT2D eigenvalue weighted by Crippen LogP contribution is 2.18. The molecule has 0 saturated heterocycles. The average molecular weight is 278 g/mol. The topological polar surface area (TPSA) is 30.7 Å². The van der Waals surface area contributed by atoms with Gasteiger partial charge < -0.3 is 4.57 Å². The number of benzene rings is 1. The Morgan fingerprint density at radius 3 is 2.94 bits per heavy atom. The van der Waals surface area contributed by atoms with E-state index in [0.29, 0.717) is 5.88 Å². The second-order valence-corrected chi connectivity index (χ2v) is 5.12. The first-order valence-electron chi connectivity index (χ1n) is 5.75. The molecule has 0 aliphatic carbocycles. The lowest BCUT2D eigenvalue weighted by molar-refractivity contribution is 0.742. The first-order valence-corrected chi connectivity index (χ1v) is 7.23. The molecule has 2 aromatic heterocycles. The average Bonchev–Trinajstić information content (AvgIpc) is 3.00. The van der Waals surface area contributed by atoms with Crippen molar-refractivity contribution in [3.63, 3.8) is 0 Å². The number of fused-ring (bicyclic) bond motifs is 1. The fourth-order valence-corrected chi connectivity index (χ4v) is 2.77. The SMILES string of the molecule is ClCCc1nc2ccccc2n1Cc1cscn1. The maximum absolute atomic E-state index is 5.85. The molecule has 0 bridgehead atoms. The molecule has 92 valence electrons. The Morgan fingerprint density at radius 1 is 1.28 bits per heavy atom. The maximum atomic E-state index is 5.85. The van der Waals surface area contributed by atoms with Gasteiger partial charge in [0.05, 0.1) is 28.8 Å². The minimum Gasteiger partial charge on any atom is -0.322 e. The van der Waals surface area contributed by atoms with Crippen LogP contribution in [0.2, 0.25) is 0 Å². The number of alkyl halides is 1. The Balaban J connectivity index is 2.09. The van der Waals surface area contributed by atoms with Crippen molar-refractivity contribution in [2.75, 3.05) is 5.88 Å². The number of imidazole rings is 1. The van der Waals surface area contributed by atoms with E-state index in [-0.39, 0.29) is 0 Å². The van der Waals surface area contributed by atoms with Gasteiger partial charge in [0.15, 0.2) is 0 Å². The van der Waals surface area contributed by atoms with Gasteiger partial charge in [-0.2, -0.15) is 0 Å². The van der Waals surface area contributed by atoms with E-state index in [0.717, 1.165) is 35.5 Å². The van der Waals surface area contributed by atoms with Crippen molar-refractivity contribution in [1.82, 2.24) is 14.5 Å². The molecule has 0 saturated carbocycles. The molecule has 0 radical (unpaired) electrons. The van der Waals surface area contributed by atoms with Crippen molar-refractivity contribution in [2.24, 2.45) is 0 Å². The zero-order valence-electron chi connectivity index (χ0n) is 9.71.